The van der Waals surface area contributed by atoms with E-state index in [9.17, 15) is 4.79 Å². The summed E-state index contributed by atoms with van der Waals surface area (Å²) in [6, 6.07) is 21.5. The molecule has 1 heterocycles. The van der Waals surface area contributed by atoms with Crippen LogP contribution in [-0.2, 0) is 18.7 Å². The third kappa shape index (κ3) is 6.62. The lowest BCUT2D eigenvalue weighted by Gasteiger charge is -2.48. The molecule has 1 aliphatic heterocycles. The van der Waals surface area contributed by atoms with Gasteiger partial charge in [0.1, 0.15) is 5.78 Å². The van der Waals surface area contributed by atoms with Gasteiger partial charge in [-0.3, -0.25) is 4.79 Å². The molecule has 0 bridgehead atoms. The molecular weight excluding hydrogens is 476 g/mol. The smallest absolute Gasteiger partial charge is 0.261 e. The van der Waals surface area contributed by atoms with Crippen LogP contribution in [0.5, 0.6) is 0 Å². The SMILES string of the molecule is C[C@H]1[C@H]([C@@H](C)CO[Si](c2ccccc2)(c2ccccc2)C(C)(C)C)OC(C)(C)O[C@H]1CC(=O)C(C)(C)C. The Bertz CT molecular complexity index is 981. The minimum atomic E-state index is -2.64. The molecule has 2 aromatic rings. The van der Waals surface area contributed by atoms with Crippen LogP contribution in [0, 0.1) is 17.3 Å². The van der Waals surface area contributed by atoms with Crippen LogP contribution in [0.25, 0.3) is 0 Å². The van der Waals surface area contributed by atoms with Crippen LogP contribution in [0.15, 0.2) is 60.7 Å². The van der Waals surface area contributed by atoms with Crippen molar-refractivity contribution >= 4 is 24.5 Å². The molecule has 5 heteroatoms. The van der Waals surface area contributed by atoms with Crippen molar-refractivity contribution in [2.75, 3.05) is 6.61 Å². The molecule has 37 heavy (non-hydrogen) atoms. The molecular formula is C32H48O4Si. The summed E-state index contributed by atoms with van der Waals surface area (Å²) in [5.74, 6) is -0.354. The normalized spacial score (nSPS) is 23.5. The minimum absolute atomic E-state index is 0.0667. The Morgan fingerprint density at radius 1 is 0.919 bits per heavy atom. The van der Waals surface area contributed by atoms with Gasteiger partial charge in [0, 0.05) is 30.3 Å². The Hall–Kier alpha value is -1.79. The summed E-state index contributed by atoms with van der Waals surface area (Å²) >= 11 is 0. The molecule has 0 aliphatic carbocycles. The fourth-order valence-corrected chi connectivity index (χ4v) is 10.3. The van der Waals surface area contributed by atoms with Gasteiger partial charge in [-0.1, -0.05) is 116 Å². The maximum atomic E-state index is 12.9. The Kier molecular flexibility index (Phi) is 8.95. The van der Waals surface area contributed by atoms with E-state index in [1.807, 2.05) is 34.6 Å². The Morgan fingerprint density at radius 2 is 1.41 bits per heavy atom. The highest BCUT2D eigenvalue weighted by atomic mass is 28.4. The first kappa shape index (κ1) is 29.8. The number of rotatable bonds is 8. The largest absolute Gasteiger partial charge is 0.407 e. The number of benzene rings is 2. The summed E-state index contributed by atoms with van der Waals surface area (Å²) in [7, 11) is -2.64. The van der Waals surface area contributed by atoms with Crippen molar-refractivity contribution in [3.05, 3.63) is 60.7 Å². The van der Waals surface area contributed by atoms with E-state index in [0.717, 1.165) is 0 Å². The van der Waals surface area contributed by atoms with Gasteiger partial charge in [0.25, 0.3) is 8.32 Å². The molecule has 3 rings (SSSR count). The van der Waals surface area contributed by atoms with Gasteiger partial charge in [-0.2, -0.15) is 0 Å². The highest BCUT2D eigenvalue weighted by Crippen LogP contribution is 2.40. The van der Waals surface area contributed by atoms with Crippen LogP contribution in [0.3, 0.4) is 0 Å². The maximum absolute atomic E-state index is 12.9. The number of hydrogen-bond donors (Lipinski definition) is 0. The lowest BCUT2D eigenvalue weighted by Crippen LogP contribution is -2.67. The molecule has 1 saturated heterocycles. The fraction of sp³-hybridized carbons (Fsp3) is 0.594. The van der Waals surface area contributed by atoms with Gasteiger partial charge in [-0.05, 0) is 29.3 Å². The number of ether oxygens (including phenoxy) is 2. The van der Waals surface area contributed by atoms with Crippen LogP contribution in [0.4, 0.5) is 0 Å². The first-order chi connectivity index (χ1) is 17.1. The molecule has 0 amide bonds. The van der Waals surface area contributed by atoms with Crippen LogP contribution < -0.4 is 10.4 Å². The van der Waals surface area contributed by atoms with Crippen molar-refractivity contribution in [3.8, 4) is 0 Å². The summed E-state index contributed by atoms with van der Waals surface area (Å²) in [6.45, 7) is 21.7. The zero-order valence-electron chi connectivity index (χ0n) is 24.6. The second-order valence-electron chi connectivity index (χ2n) is 13.3. The lowest BCUT2D eigenvalue weighted by molar-refractivity contribution is -0.327. The lowest BCUT2D eigenvalue weighted by atomic mass is 9.81. The zero-order chi connectivity index (χ0) is 27.6. The Morgan fingerprint density at radius 3 is 1.84 bits per heavy atom. The van der Waals surface area contributed by atoms with Gasteiger partial charge >= 0.3 is 0 Å². The molecule has 4 nitrogen and oxygen atoms in total. The predicted molar refractivity (Wildman–Crippen MR) is 155 cm³/mol. The molecule has 4 atom stereocenters. The molecule has 0 aromatic heterocycles. The van der Waals surface area contributed by atoms with Crippen molar-refractivity contribution in [3.63, 3.8) is 0 Å². The van der Waals surface area contributed by atoms with E-state index >= 15 is 0 Å². The Balaban J connectivity index is 1.92. The van der Waals surface area contributed by atoms with E-state index in [1.54, 1.807) is 0 Å². The maximum Gasteiger partial charge on any atom is 0.261 e. The average Bonchev–Trinajstić information content (AvgIpc) is 2.81. The second kappa shape index (κ2) is 11.1. The van der Waals surface area contributed by atoms with Crippen LogP contribution in [0.2, 0.25) is 5.04 Å². The van der Waals surface area contributed by atoms with E-state index in [2.05, 4.69) is 95.3 Å². The predicted octanol–water partition coefficient (Wildman–Crippen LogP) is 6.36. The minimum Gasteiger partial charge on any atom is -0.407 e. The van der Waals surface area contributed by atoms with Gasteiger partial charge in [-0.25, -0.2) is 0 Å². The van der Waals surface area contributed by atoms with Gasteiger partial charge in [0.15, 0.2) is 5.79 Å². The number of Topliss-reactive ketones (excluding diaryl/α,β-unsaturated/α-hetero) is 1. The van der Waals surface area contributed by atoms with E-state index in [0.29, 0.717) is 13.0 Å². The first-order valence-corrected chi connectivity index (χ1v) is 15.6. The third-order valence-corrected chi connectivity index (χ3v) is 12.7. The summed E-state index contributed by atoms with van der Waals surface area (Å²) < 4.78 is 20.0. The quantitative estimate of drug-likeness (QED) is 0.377. The highest BCUT2D eigenvalue weighted by molar-refractivity contribution is 6.99. The van der Waals surface area contributed by atoms with Crippen molar-refractivity contribution in [2.24, 2.45) is 17.3 Å². The van der Waals surface area contributed by atoms with Crippen LogP contribution >= 0.6 is 0 Å². The summed E-state index contributed by atoms with van der Waals surface area (Å²) in [6.07, 6.45) is 0.131. The molecule has 2 aromatic carbocycles. The van der Waals surface area contributed by atoms with E-state index in [4.69, 9.17) is 13.9 Å². The van der Waals surface area contributed by atoms with Crippen LogP contribution in [-0.4, -0.2) is 38.7 Å². The molecule has 1 fully saturated rings. The Labute approximate surface area is 226 Å². The summed E-state index contributed by atoms with van der Waals surface area (Å²) in [4.78, 5) is 12.9. The van der Waals surface area contributed by atoms with Gasteiger partial charge in [0.2, 0.25) is 0 Å². The van der Waals surface area contributed by atoms with Gasteiger partial charge in [0.05, 0.1) is 12.2 Å². The van der Waals surface area contributed by atoms with E-state index in [1.165, 1.54) is 10.4 Å². The topological polar surface area (TPSA) is 44.8 Å². The standard InChI is InChI=1S/C32H48O4Si/c1-23(29-24(2)27(35-32(9,10)36-29)21-28(33)30(3,4)5)22-34-37(31(6,7)8,25-17-13-11-14-18-25)26-19-15-12-16-20-26/h11-20,23-24,27,29H,21-22H2,1-10H3/t23-,24+,27-,29-/m0/s1. The van der Waals surface area contributed by atoms with Crippen molar-refractivity contribution in [1.82, 2.24) is 0 Å². The number of ketones is 1. The highest BCUT2D eigenvalue weighted by Gasteiger charge is 2.51. The molecule has 0 radical (unpaired) electrons. The molecule has 0 unspecified atom stereocenters. The fourth-order valence-electron chi connectivity index (χ4n) is 5.61. The molecule has 204 valence electrons. The first-order valence-electron chi connectivity index (χ1n) is 13.7. The number of carbonyl (C=O) groups excluding carboxylic acids is 1. The number of carbonyl (C=O) groups is 1. The molecule has 1 aliphatic rings. The van der Waals surface area contributed by atoms with Gasteiger partial charge < -0.3 is 13.9 Å². The van der Waals surface area contributed by atoms with E-state index < -0.39 is 14.1 Å². The molecule has 0 saturated carbocycles. The molecule has 0 spiro atoms. The van der Waals surface area contributed by atoms with Crippen molar-refractivity contribution in [1.29, 1.82) is 0 Å². The monoisotopic (exact) mass is 524 g/mol. The summed E-state index contributed by atoms with van der Waals surface area (Å²) in [5, 5.41) is 2.46. The third-order valence-electron chi connectivity index (χ3n) is 7.72. The second-order valence-corrected chi connectivity index (χ2v) is 17.6. The van der Waals surface area contributed by atoms with Crippen molar-refractivity contribution in [2.45, 2.75) is 98.7 Å². The number of hydrogen-bond acceptors (Lipinski definition) is 4. The summed E-state index contributed by atoms with van der Waals surface area (Å²) in [5.41, 5.74) is -0.390. The van der Waals surface area contributed by atoms with Crippen molar-refractivity contribution < 1.29 is 18.7 Å². The van der Waals surface area contributed by atoms with Crippen LogP contribution in [0.1, 0.15) is 75.7 Å². The zero-order valence-corrected chi connectivity index (χ0v) is 25.6. The van der Waals surface area contributed by atoms with Gasteiger partial charge in [-0.15, -0.1) is 0 Å². The average molecular weight is 525 g/mol. The van der Waals surface area contributed by atoms with E-state index in [-0.39, 0.29) is 40.3 Å². The molecule has 0 N–H and O–H groups in total.